The highest BCUT2D eigenvalue weighted by molar-refractivity contribution is 5.89. The van der Waals surface area contributed by atoms with E-state index in [0.29, 0.717) is 29.8 Å². The molecule has 4 nitrogen and oxygen atoms in total. The molecule has 0 aromatic heterocycles. The molecule has 4 rings (SSSR count). The van der Waals surface area contributed by atoms with Crippen molar-refractivity contribution in [2.45, 2.75) is 84.3 Å². The van der Waals surface area contributed by atoms with Crippen molar-refractivity contribution in [3.63, 3.8) is 0 Å². The summed E-state index contributed by atoms with van der Waals surface area (Å²) in [5.74, 6) is 2.90. The molecule has 0 aromatic carbocycles. The zero-order valence-electron chi connectivity index (χ0n) is 16.8. The van der Waals surface area contributed by atoms with E-state index in [9.17, 15) is 9.59 Å². The van der Waals surface area contributed by atoms with Crippen LogP contribution in [-0.2, 0) is 14.3 Å². The van der Waals surface area contributed by atoms with Crippen molar-refractivity contribution in [1.29, 1.82) is 0 Å². The smallest absolute Gasteiger partial charge is 0.217 e. The summed E-state index contributed by atoms with van der Waals surface area (Å²) in [4.78, 5) is 24.2. The number of amides is 1. The van der Waals surface area contributed by atoms with Gasteiger partial charge in [0.1, 0.15) is 0 Å². The largest absolute Gasteiger partial charge is 0.381 e. The molecule has 26 heavy (non-hydrogen) atoms. The second-order valence-electron chi connectivity index (χ2n) is 10.1. The first-order valence-electron chi connectivity index (χ1n) is 10.6. The van der Waals surface area contributed by atoms with Gasteiger partial charge in [-0.1, -0.05) is 13.8 Å². The quantitative estimate of drug-likeness (QED) is 0.815. The molecule has 4 aliphatic carbocycles. The van der Waals surface area contributed by atoms with Crippen molar-refractivity contribution < 1.29 is 14.3 Å². The number of carbonyl (C=O) groups excluding carboxylic acids is 2. The number of nitrogens with one attached hydrogen (secondary N) is 1. The highest BCUT2D eigenvalue weighted by Crippen LogP contribution is 2.66. The standard InChI is InChI=1S/C22H35NO3/c1-13(24)23-18-12-22(3)14(11-19(18)25)5-6-15-16-7-8-20(26-4)21(16,2)10-9-17(15)22/h14-18,20H,5-12H2,1-4H3,(H,23,24)/t14?,15-,16-,17+,18?,20?,21-,22-/m0/s1. The molecular weight excluding hydrogens is 326 g/mol. The minimum Gasteiger partial charge on any atom is -0.381 e. The minimum atomic E-state index is -0.267. The van der Waals surface area contributed by atoms with E-state index in [-0.39, 0.29) is 23.1 Å². The summed E-state index contributed by atoms with van der Waals surface area (Å²) in [6, 6.07) is -0.267. The van der Waals surface area contributed by atoms with E-state index in [2.05, 4.69) is 19.2 Å². The number of carbonyl (C=O) groups is 2. The molecule has 0 heterocycles. The predicted octanol–water partition coefficient (Wildman–Crippen LogP) is 3.73. The van der Waals surface area contributed by atoms with E-state index >= 15 is 0 Å². The summed E-state index contributed by atoms with van der Waals surface area (Å²) >= 11 is 0. The van der Waals surface area contributed by atoms with E-state index in [1.165, 1.54) is 45.4 Å². The fraction of sp³-hybridized carbons (Fsp3) is 0.909. The highest BCUT2D eigenvalue weighted by Gasteiger charge is 2.61. The van der Waals surface area contributed by atoms with Gasteiger partial charge in [0, 0.05) is 20.5 Å². The molecule has 1 amide bonds. The van der Waals surface area contributed by atoms with Crippen LogP contribution in [0.15, 0.2) is 0 Å². The molecule has 0 aliphatic heterocycles. The van der Waals surface area contributed by atoms with Crippen LogP contribution in [0, 0.1) is 34.5 Å². The van der Waals surface area contributed by atoms with E-state index in [1.54, 1.807) is 0 Å². The van der Waals surface area contributed by atoms with Crippen LogP contribution in [-0.4, -0.2) is 30.9 Å². The van der Waals surface area contributed by atoms with Crippen LogP contribution in [0.25, 0.3) is 0 Å². The van der Waals surface area contributed by atoms with E-state index in [0.717, 1.165) is 18.3 Å². The first-order valence-corrected chi connectivity index (χ1v) is 10.6. The average Bonchev–Trinajstić information content (AvgIpc) is 2.92. The molecule has 0 spiro atoms. The molecule has 0 radical (unpaired) electrons. The van der Waals surface area contributed by atoms with Crippen molar-refractivity contribution in [1.82, 2.24) is 5.32 Å². The SMILES string of the molecule is COC1CC[C@H]2[C@@H]3CCC4CC(=O)C(NC(C)=O)C[C@]4(C)[C@@H]3CC[C@]12C. The number of Topliss-reactive ketones (excluding diaryl/α,β-unsaturated/α-hetero) is 1. The lowest BCUT2D eigenvalue weighted by Gasteiger charge is -2.60. The van der Waals surface area contributed by atoms with Crippen LogP contribution in [0.4, 0.5) is 0 Å². The fourth-order valence-corrected chi connectivity index (χ4v) is 7.84. The van der Waals surface area contributed by atoms with Gasteiger partial charge in [0.05, 0.1) is 12.1 Å². The number of ether oxygens (including phenoxy) is 1. The fourth-order valence-electron chi connectivity index (χ4n) is 7.84. The maximum absolute atomic E-state index is 12.6. The lowest BCUT2D eigenvalue weighted by molar-refractivity contribution is -0.149. The first kappa shape index (κ1) is 18.5. The summed E-state index contributed by atoms with van der Waals surface area (Å²) in [7, 11) is 1.88. The lowest BCUT2D eigenvalue weighted by atomic mass is 9.45. The number of hydrogen-bond donors (Lipinski definition) is 1. The molecule has 0 bridgehead atoms. The highest BCUT2D eigenvalue weighted by atomic mass is 16.5. The Morgan fingerprint density at radius 1 is 1.08 bits per heavy atom. The zero-order chi connectivity index (χ0) is 18.7. The maximum Gasteiger partial charge on any atom is 0.217 e. The molecular formula is C22H35NO3. The van der Waals surface area contributed by atoms with Crippen molar-refractivity contribution in [3.8, 4) is 0 Å². The van der Waals surface area contributed by atoms with Gasteiger partial charge in [0.2, 0.25) is 5.91 Å². The minimum absolute atomic E-state index is 0.0762. The Balaban J connectivity index is 1.60. The second-order valence-corrected chi connectivity index (χ2v) is 10.1. The zero-order valence-corrected chi connectivity index (χ0v) is 16.8. The molecule has 146 valence electrons. The monoisotopic (exact) mass is 361 g/mol. The molecule has 4 saturated carbocycles. The molecule has 0 aromatic rings. The Hall–Kier alpha value is -0.900. The van der Waals surface area contributed by atoms with Crippen molar-refractivity contribution in [2.75, 3.05) is 7.11 Å². The van der Waals surface area contributed by atoms with Gasteiger partial charge in [-0.05, 0) is 79.4 Å². The van der Waals surface area contributed by atoms with E-state index in [1.807, 2.05) is 7.11 Å². The predicted molar refractivity (Wildman–Crippen MR) is 101 cm³/mol. The Morgan fingerprint density at radius 2 is 1.81 bits per heavy atom. The first-order chi connectivity index (χ1) is 12.3. The Labute approximate surface area is 157 Å². The summed E-state index contributed by atoms with van der Waals surface area (Å²) in [6.45, 7) is 6.43. The summed E-state index contributed by atoms with van der Waals surface area (Å²) in [5.41, 5.74) is 0.525. The van der Waals surface area contributed by atoms with Gasteiger partial charge in [-0.2, -0.15) is 0 Å². The second kappa shape index (κ2) is 6.32. The third kappa shape index (κ3) is 2.58. The van der Waals surface area contributed by atoms with Crippen LogP contribution >= 0.6 is 0 Å². The Morgan fingerprint density at radius 3 is 2.50 bits per heavy atom. The molecule has 4 fully saturated rings. The van der Waals surface area contributed by atoms with Gasteiger partial charge in [-0.25, -0.2) is 0 Å². The third-order valence-corrected chi connectivity index (χ3v) is 9.12. The van der Waals surface area contributed by atoms with Gasteiger partial charge in [-0.3, -0.25) is 9.59 Å². The summed E-state index contributed by atoms with van der Waals surface area (Å²) in [6.07, 6.45) is 9.38. The number of methoxy groups -OCH3 is 1. The molecule has 8 atom stereocenters. The lowest BCUT2D eigenvalue weighted by Crippen LogP contribution is -2.58. The molecule has 3 unspecified atom stereocenters. The Kier molecular flexibility index (Phi) is 4.49. The Bertz CT molecular complexity index is 604. The molecule has 0 saturated heterocycles. The van der Waals surface area contributed by atoms with Crippen molar-refractivity contribution in [2.24, 2.45) is 34.5 Å². The van der Waals surface area contributed by atoms with Gasteiger partial charge < -0.3 is 10.1 Å². The summed E-state index contributed by atoms with van der Waals surface area (Å²) in [5, 5.41) is 2.95. The summed E-state index contributed by atoms with van der Waals surface area (Å²) < 4.78 is 5.88. The number of hydrogen-bond acceptors (Lipinski definition) is 3. The van der Waals surface area contributed by atoms with Crippen LogP contribution in [0.1, 0.15) is 72.1 Å². The normalized spacial score (nSPS) is 50.5. The average molecular weight is 362 g/mol. The van der Waals surface area contributed by atoms with Crippen molar-refractivity contribution in [3.05, 3.63) is 0 Å². The van der Waals surface area contributed by atoms with Crippen LogP contribution in [0.3, 0.4) is 0 Å². The van der Waals surface area contributed by atoms with Crippen LogP contribution in [0.2, 0.25) is 0 Å². The topological polar surface area (TPSA) is 55.4 Å². The van der Waals surface area contributed by atoms with E-state index in [4.69, 9.17) is 4.74 Å². The third-order valence-electron chi connectivity index (χ3n) is 9.12. The van der Waals surface area contributed by atoms with Gasteiger partial charge in [-0.15, -0.1) is 0 Å². The van der Waals surface area contributed by atoms with Crippen LogP contribution in [0.5, 0.6) is 0 Å². The molecule has 4 heteroatoms. The van der Waals surface area contributed by atoms with Crippen LogP contribution < -0.4 is 5.32 Å². The van der Waals surface area contributed by atoms with E-state index < -0.39 is 0 Å². The number of ketones is 1. The van der Waals surface area contributed by atoms with Crippen molar-refractivity contribution >= 4 is 11.7 Å². The van der Waals surface area contributed by atoms with Gasteiger partial charge >= 0.3 is 0 Å². The van der Waals surface area contributed by atoms with Gasteiger partial charge in [0.25, 0.3) is 0 Å². The molecule has 1 N–H and O–H groups in total. The van der Waals surface area contributed by atoms with Gasteiger partial charge in [0.15, 0.2) is 5.78 Å². The number of fused-ring (bicyclic) bond motifs is 5. The molecule has 4 aliphatic rings. The maximum atomic E-state index is 12.6. The number of rotatable bonds is 2.